The third kappa shape index (κ3) is 3.30. The monoisotopic (exact) mass is 293 g/mol. The van der Waals surface area contributed by atoms with Gasteiger partial charge >= 0.3 is 0 Å². The first-order valence-corrected chi connectivity index (χ1v) is 6.78. The lowest BCUT2D eigenvalue weighted by Gasteiger charge is -2.15. The number of benzene rings is 2. The minimum atomic E-state index is -0.441. The predicted octanol–water partition coefficient (Wildman–Crippen LogP) is 4.39. The van der Waals surface area contributed by atoms with Gasteiger partial charge in [-0.3, -0.25) is 0 Å². The standard InChI is InChI=1S/C16H17ClFNO/c1-10-6-7-15(13(8-10)11(2)19)20-9-12-4-3-5-14(17)16(12)18/h3-8,11H,9,19H2,1-2H3/t11-/m0/s1. The van der Waals surface area contributed by atoms with Gasteiger partial charge in [0.2, 0.25) is 0 Å². The van der Waals surface area contributed by atoms with E-state index in [0.29, 0.717) is 11.3 Å². The number of rotatable bonds is 4. The Hall–Kier alpha value is -1.58. The molecule has 0 amide bonds. The van der Waals surface area contributed by atoms with Crippen LogP contribution in [0.25, 0.3) is 0 Å². The Labute approximate surface area is 123 Å². The molecule has 0 aliphatic carbocycles. The average molecular weight is 294 g/mol. The minimum absolute atomic E-state index is 0.0995. The summed E-state index contributed by atoms with van der Waals surface area (Å²) in [4.78, 5) is 0. The zero-order chi connectivity index (χ0) is 14.7. The van der Waals surface area contributed by atoms with E-state index in [-0.39, 0.29) is 17.7 Å². The first-order chi connectivity index (χ1) is 9.49. The van der Waals surface area contributed by atoms with Crippen LogP contribution in [0.1, 0.15) is 29.7 Å². The van der Waals surface area contributed by atoms with Crippen molar-refractivity contribution in [3.63, 3.8) is 0 Å². The van der Waals surface area contributed by atoms with Gasteiger partial charge in [-0.25, -0.2) is 4.39 Å². The maximum absolute atomic E-state index is 13.8. The van der Waals surface area contributed by atoms with Crippen molar-refractivity contribution in [1.29, 1.82) is 0 Å². The summed E-state index contributed by atoms with van der Waals surface area (Å²) in [5.74, 6) is 0.230. The summed E-state index contributed by atoms with van der Waals surface area (Å²) in [6.07, 6.45) is 0. The van der Waals surface area contributed by atoms with Gasteiger partial charge < -0.3 is 10.5 Å². The van der Waals surface area contributed by atoms with Gasteiger partial charge in [0.1, 0.15) is 18.2 Å². The third-order valence-corrected chi connectivity index (χ3v) is 3.36. The van der Waals surface area contributed by atoms with Crippen LogP contribution >= 0.6 is 11.6 Å². The van der Waals surface area contributed by atoms with Crippen LogP contribution in [0.3, 0.4) is 0 Å². The van der Waals surface area contributed by atoms with Crippen LogP contribution in [-0.2, 0) is 6.61 Å². The molecule has 0 aliphatic heterocycles. The summed E-state index contributed by atoms with van der Waals surface area (Å²) in [6, 6.07) is 10.5. The summed E-state index contributed by atoms with van der Waals surface area (Å²) in [5, 5.41) is 0.0995. The Morgan fingerprint density at radius 3 is 2.75 bits per heavy atom. The zero-order valence-electron chi connectivity index (χ0n) is 11.5. The number of hydrogen-bond donors (Lipinski definition) is 1. The van der Waals surface area contributed by atoms with Crippen molar-refractivity contribution in [2.45, 2.75) is 26.5 Å². The molecule has 2 aromatic rings. The van der Waals surface area contributed by atoms with E-state index in [0.717, 1.165) is 11.1 Å². The molecule has 20 heavy (non-hydrogen) atoms. The van der Waals surface area contributed by atoms with Crippen LogP contribution < -0.4 is 10.5 Å². The smallest absolute Gasteiger partial charge is 0.148 e. The predicted molar refractivity (Wildman–Crippen MR) is 79.5 cm³/mol. The molecule has 0 heterocycles. The summed E-state index contributed by atoms with van der Waals surface area (Å²) in [7, 11) is 0. The lowest BCUT2D eigenvalue weighted by Crippen LogP contribution is -2.09. The number of halogens is 2. The molecule has 1 atom stereocenters. The highest BCUT2D eigenvalue weighted by Crippen LogP contribution is 2.27. The first kappa shape index (κ1) is 14.8. The molecular formula is C16H17ClFNO. The second kappa shape index (κ2) is 6.25. The maximum Gasteiger partial charge on any atom is 0.148 e. The molecular weight excluding hydrogens is 277 g/mol. The van der Waals surface area contributed by atoms with Crippen LogP contribution in [0.5, 0.6) is 5.75 Å². The molecule has 2 rings (SSSR count). The molecule has 2 aromatic carbocycles. The Kier molecular flexibility index (Phi) is 4.63. The molecule has 0 fully saturated rings. The van der Waals surface area contributed by atoms with Gasteiger partial charge in [0, 0.05) is 17.2 Å². The number of aryl methyl sites for hydroxylation is 1. The van der Waals surface area contributed by atoms with E-state index in [2.05, 4.69) is 0 Å². The van der Waals surface area contributed by atoms with Crippen molar-refractivity contribution < 1.29 is 9.13 Å². The minimum Gasteiger partial charge on any atom is -0.488 e. The van der Waals surface area contributed by atoms with E-state index < -0.39 is 5.82 Å². The number of hydrogen-bond acceptors (Lipinski definition) is 2. The van der Waals surface area contributed by atoms with E-state index in [9.17, 15) is 4.39 Å². The fourth-order valence-corrected chi connectivity index (χ4v) is 2.16. The second-order valence-electron chi connectivity index (χ2n) is 4.83. The zero-order valence-corrected chi connectivity index (χ0v) is 12.2. The third-order valence-electron chi connectivity index (χ3n) is 3.07. The SMILES string of the molecule is Cc1ccc(OCc2cccc(Cl)c2F)c([C@H](C)N)c1. The van der Waals surface area contributed by atoms with Crippen molar-refractivity contribution in [2.24, 2.45) is 5.73 Å². The summed E-state index contributed by atoms with van der Waals surface area (Å²) in [6.45, 7) is 4.00. The molecule has 0 saturated heterocycles. The molecule has 106 valence electrons. The highest BCUT2D eigenvalue weighted by atomic mass is 35.5. The molecule has 0 unspecified atom stereocenters. The quantitative estimate of drug-likeness (QED) is 0.907. The van der Waals surface area contributed by atoms with E-state index >= 15 is 0 Å². The summed E-state index contributed by atoms with van der Waals surface area (Å²) in [5.41, 5.74) is 8.38. The molecule has 0 spiro atoms. The van der Waals surface area contributed by atoms with Crippen LogP contribution in [-0.4, -0.2) is 0 Å². The highest BCUT2D eigenvalue weighted by Gasteiger charge is 2.11. The van der Waals surface area contributed by atoms with Crippen LogP contribution in [0.15, 0.2) is 36.4 Å². The van der Waals surface area contributed by atoms with E-state index in [1.54, 1.807) is 12.1 Å². The van der Waals surface area contributed by atoms with E-state index in [4.69, 9.17) is 22.1 Å². The summed E-state index contributed by atoms with van der Waals surface area (Å²) >= 11 is 5.75. The lowest BCUT2D eigenvalue weighted by molar-refractivity contribution is 0.295. The summed E-state index contributed by atoms with van der Waals surface area (Å²) < 4.78 is 19.5. The van der Waals surface area contributed by atoms with Crippen LogP contribution in [0.2, 0.25) is 5.02 Å². The molecule has 0 radical (unpaired) electrons. The largest absolute Gasteiger partial charge is 0.488 e. The van der Waals surface area contributed by atoms with Gasteiger partial charge in [-0.15, -0.1) is 0 Å². The molecule has 0 bridgehead atoms. The molecule has 4 heteroatoms. The van der Waals surface area contributed by atoms with Crippen LogP contribution in [0, 0.1) is 12.7 Å². The van der Waals surface area contributed by atoms with Gasteiger partial charge in [-0.05, 0) is 26.0 Å². The fourth-order valence-electron chi connectivity index (χ4n) is 1.97. The maximum atomic E-state index is 13.8. The fraction of sp³-hybridized carbons (Fsp3) is 0.250. The topological polar surface area (TPSA) is 35.2 Å². The number of ether oxygens (including phenoxy) is 1. The van der Waals surface area contributed by atoms with Gasteiger partial charge in [-0.2, -0.15) is 0 Å². The number of nitrogens with two attached hydrogens (primary N) is 1. The average Bonchev–Trinajstić information content (AvgIpc) is 2.41. The Morgan fingerprint density at radius 2 is 2.05 bits per heavy atom. The van der Waals surface area contributed by atoms with E-state index in [1.165, 1.54) is 6.07 Å². The van der Waals surface area contributed by atoms with E-state index in [1.807, 2.05) is 32.0 Å². The normalized spacial score (nSPS) is 12.2. The van der Waals surface area contributed by atoms with Crippen molar-refractivity contribution >= 4 is 11.6 Å². The molecule has 2 nitrogen and oxygen atoms in total. The van der Waals surface area contributed by atoms with Crippen molar-refractivity contribution in [3.05, 3.63) is 63.9 Å². The van der Waals surface area contributed by atoms with Gasteiger partial charge in [-0.1, -0.05) is 41.4 Å². The van der Waals surface area contributed by atoms with Gasteiger partial charge in [0.05, 0.1) is 5.02 Å². The Balaban J connectivity index is 2.21. The molecule has 0 aliphatic rings. The van der Waals surface area contributed by atoms with Gasteiger partial charge in [0.15, 0.2) is 0 Å². The molecule has 2 N–H and O–H groups in total. The van der Waals surface area contributed by atoms with Gasteiger partial charge in [0.25, 0.3) is 0 Å². The second-order valence-corrected chi connectivity index (χ2v) is 5.24. The molecule has 0 aromatic heterocycles. The van der Waals surface area contributed by atoms with Crippen LogP contribution in [0.4, 0.5) is 4.39 Å². The highest BCUT2D eigenvalue weighted by molar-refractivity contribution is 6.30. The van der Waals surface area contributed by atoms with Crippen molar-refractivity contribution in [1.82, 2.24) is 0 Å². The van der Waals surface area contributed by atoms with Crippen molar-refractivity contribution in [3.8, 4) is 5.75 Å². The van der Waals surface area contributed by atoms with Crippen molar-refractivity contribution in [2.75, 3.05) is 0 Å². The Bertz CT molecular complexity index is 613. The first-order valence-electron chi connectivity index (χ1n) is 6.41. The molecule has 0 saturated carbocycles. The Morgan fingerprint density at radius 1 is 1.30 bits per heavy atom. The lowest BCUT2D eigenvalue weighted by atomic mass is 10.1.